The minimum absolute atomic E-state index is 0.248. The predicted octanol–water partition coefficient (Wildman–Crippen LogP) is 1.40. The SMILES string of the molecule is CCN(CC)C1(C#N)CCOCC1. The molecule has 1 heterocycles. The van der Waals surface area contributed by atoms with Crippen molar-refractivity contribution in [2.45, 2.75) is 32.2 Å². The molecule has 1 aliphatic heterocycles. The average molecular weight is 182 g/mol. The van der Waals surface area contributed by atoms with Crippen molar-refractivity contribution in [2.75, 3.05) is 26.3 Å². The highest BCUT2D eigenvalue weighted by molar-refractivity contribution is 5.09. The molecule has 0 N–H and O–H groups in total. The Morgan fingerprint density at radius 3 is 2.23 bits per heavy atom. The normalized spacial score (nSPS) is 21.4. The van der Waals surface area contributed by atoms with Gasteiger partial charge in [-0.15, -0.1) is 0 Å². The Kier molecular flexibility index (Phi) is 3.71. The quantitative estimate of drug-likeness (QED) is 0.662. The molecule has 0 atom stereocenters. The maximum absolute atomic E-state index is 9.23. The van der Waals surface area contributed by atoms with Gasteiger partial charge in [-0.25, -0.2) is 0 Å². The van der Waals surface area contributed by atoms with Gasteiger partial charge in [0.05, 0.1) is 6.07 Å². The number of hydrogen-bond donors (Lipinski definition) is 0. The topological polar surface area (TPSA) is 36.3 Å². The maximum atomic E-state index is 9.23. The molecule has 0 radical (unpaired) electrons. The Bertz CT molecular complexity index is 188. The van der Waals surface area contributed by atoms with Gasteiger partial charge >= 0.3 is 0 Å². The highest BCUT2D eigenvalue weighted by Crippen LogP contribution is 2.26. The summed E-state index contributed by atoms with van der Waals surface area (Å²) in [6, 6.07) is 2.47. The number of ether oxygens (including phenoxy) is 1. The van der Waals surface area contributed by atoms with Crippen molar-refractivity contribution >= 4 is 0 Å². The molecular formula is C10H18N2O. The number of hydrogen-bond acceptors (Lipinski definition) is 3. The largest absolute Gasteiger partial charge is 0.381 e. The monoisotopic (exact) mass is 182 g/mol. The van der Waals surface area contributed by atoms with Crippen molar-refractivity contribution in [3.63, 3.8) is 0 Å². The zero-order valence-electron chi connectivity index (χ0n) is 8.55. The second-order valence-electron chi connectivity index (χ2n) is 3.43. The fraction of sp³-hybridized carbons (Fsp3) is 0.900. The molecule has 0 unspecified atom stereocenters. The summed E-state index contributed by atoms with van der Waals surface area (Å²) < 4.78 is 5.29. The molecule has 1 fully saturated rings. The summed E-state index contributed by atoms with van der Waals surface area (Å²) in [7, 11) is 0. The molecule has 1 aliphatic rings. The lowest BCUT2D eigenvalue weighted by Crippen LogP contribution is -2.51. The third kappa shape index (κ3) is 2.01. The number of rotatable bonds is 3. The predicted molar refractivity (Wildman–Crippen MR) is 51.3 cm³/mol. The third-order valence-corrected chi connectivity index (χ3v) is 2.90. The van der Waals surface area contributed by atoms with Crippen LogP contribution in [0.1, 0.15) is 26.7 Å². The molecule has 0 aliphatic carbocycles. The van der Waals surface area contributed by atoms with Crippen LogP contribution in [0.25, 0.3) is 0 Å². The van der Waals surface area contributed by atoms with Gasteiger partial charge in [0.25, 0.3) is 0 Å². The summed E-state index contributed by atoms with van der Waals surface area (Å²) in [6.45, 7) is 7.57. The van der Waals surface area contributed by atoms with Gasteiger partial charge in [-0.1, -0.05) is 13.8 Å². The van der Waals surface area contributed by atoms with Crippen LogP contribution in [-0.2, 0) is 4.74 Å². The van der Waals surface area contributed by atoms with Crippen LogP contribution in [0.3, 0.4) is 0 Å². The van der Waals surface area contributed by atoms with Gasteiger partial charge in [0.1, 0.15) is 5.54 Å². The molecule has 0 spiro atoms. The molecule has 0 saturated carbocycles. The molecule has 0 aromatic rings. The lowest BCUT2D eigenvalue weighted by atomic mass is 9.89. The lowest BCUT2D eigenvalue weighted by molar-refractivity contribution is 0.00475. The lowest BCUT2D eigenvalue weighted by Gasteiger charge is -2.40. The van der Waals surface area contributed by atoms with Crippen LogP contribution < -0.4 is 0 Å². The van der Waals surface area contributed by atoms with E-state index in [0.29, 0.717) is 0 Å². The Morgan fingerprint density at radius 1 is 1.31 bits per heavy atom. The van der Waals surface area contributed by atoms with Crippen LogP contribution in [0.4, 0.5) is 0 Å². The summed E-state index contributed by atoms with van der Waals surface area (Å²) in [4.78, 5) is 2.25. The average Bonchev–Trinajstić information content (AvgIpc) is 2.21. The van der Waals surface area contributed by atoms with Crippen molar-refractivity contribution in [1.29, 1.82) is 5.26 Å². The second-order valence-corrected chi connectivity index (χ2v) is 3.43. The highest BCUT2D eigenvalue weighted by atomic mass is 16.5. The molecule has 3 nitrogen and oxygen atoms in total. The van der Waals surface area contributed by atoms with E-state index in [4.69, 9.17) is 4.74 Å². The summed E-state index contributed by atoms with van der Waals surface area (Å²) in [5.41, 5.74) is -0.248. The molecule has 0 aromatic carbocycles. The Balaban J connectivity index is 2.72. The van der Waals surface area contributed by atoms with E-state index in [9.17, 15) is 5.26 Å². The van der Waals surface area contributed by atoms with E-state index < -0.39 is 0 Å². The van der Waals surface area contributed by atoms with E-state index in [1.807, 2.05) is 0 Å². The summed E-state index contributed by atoms with van der Waals surface area (Å²) in [6.07, 6.45) is 1.70. The minimum atomic E-state index is -0.248. The fourth-order valence-corrected chi connectivity index (χ4v) is 2.04. The zero-order chi connectivity index (χ0) is 9.73. The van der Waals surface area contributed by atoms with Gasteiger partial charge in [-0.3, -0.25) is 4.90 Å². The summed E-state index contributed by atoms with van der Waals surface area (Å²) in [5.74, 6) is 0. The van der Waals surface area contributed by atoms with Gasteiger partial charge in [-0.2, -0.15) is 5.26 Å². The molecule has 1 saturated heterocycles. The van der Waals surface area contributed by atoms with Gasteiger partial charge in [0.15, 0.2) is 0 Å². The van der Waals surface area contributed by atoms with Gasteiger partial charge in [0.2, 0.25) is 0 Å². The van der Waals surface area contributed by atoms with Crippen molar-refractivity contribution in [2.24, 2.45) is 0 Å². The molecule has 0 bridgehead atoms. The van der Waals surface area contributed by atoms with E-state index in [1.165, 1.54) is 0 Å². The Morgan fingerprint density at radius 2 is 1.85 bits per heavy atom. The van der Waals surface area contributed by atoms with E-state index >= 15 is 0 Å². The first-order valence-corrected chi connectivity index (χ1v) is 5.03. The van der Waals surface area contributed by atoms with E-state index in [1.54, 1.807) is 0 Å². The van der Waals surface area contributed by atoms with Crippen LogP contribution in [0, 0.1) is 11.3 Å². The first kappa shape index (κ1) is 10.5. The van der Waals surface area contributed by atoms with Crippen molar-refractivity contribution in [3.8, 4) is 6.07 Å². The van der Waals surface area contributed by atoms with E-state index in [0.717, 1.165) is 39.1 Å². The second kappa shape index (κ2) is 4.59. The van der Waals surface area contributed by atoms with Crippen LogP contribution in [-0.4, -0.2) is 36.7 Å². The minimum Gasteiger partial charge on any atom is -0.381 e. The Labute approximate surface area is 80.3 Å². The zero-order valence-corrected chi connectivity index (χ0v) is 8.55. The van der Waals surface area contributed by atoms with Gasteiger partial charge < -0.3 is 4.74 Å². The maximum Gasteiger partial charge on any atom is 0.113 e. The molecule has 3 heteroatoms. The highest BCUT2D eigenvalue weighted by Gasteiger charge is 2.37. The molecule has 0 aromatic heterocycles. The first-order valence-electron chi connectivity index (χ1n) is 5.03. The van der Waals surface area contributed by atoms with Gasteiger partial charge in [-0.05, 0) is 13.1 Å². The fourth-order valence-electron chi connectivity index (χ4n) is 2.04. The molecule has 0 amide bonds. The van der Waals surface area contributed by atoms with Crippen LogP contribution in [0.2, 0.25) is 0 Å². The third-order valence-electron chi connectivity index (χ3n) is 2.90. The summed E-state index contributed by atoms with van der Waals surface area (Å²) in [5, 5.41) is 9.23. The summed E-state index contributed by atoms with van der Waals surface area (Å²) >= 11 is 0. The van der Waals surface area contributed by atoms with Crippen LogP contribution in [0.15, 0.2) is 0 Å². The van der Waals surface area contributed by atoms with Crippen molar-refractivity contribution < 1.29 is 4.74 Å². The van der Waals surface area contributed by atoms with Crippen LogP contribution >= 0.6 is 0 Å². The number of nitriles is 1. The van der Waals surface area contributed by atoms with Gasteiger partial charge in [0, 0.05) is 26.1 Å². The van der Waals surface area contributed by atoms with Crippen molar-refractivity contribution in [1.82, 2.24) is 4.90 Å². The molecular weight excluding hydrogens is 164 g/mol. The molecule has 13 heavy (non-hydrogen) atoms. The van der Waals surface area contributed by atoms with E-state index in [2.05, 4.69) is 24.8 Å². The Hall–Kier alpha value is -0.590. The molecule has 74 valence electrons. The first-order chi connectivity index (χ1) is 6.29. The van der Waals surface area contributed by atoms with Crippen molar-refractivity contribution in [3.05, 3.63) is 0 Å². The number of nitrogens with zero attached hydrogens (tertiary/aromatic N) is 2. The molecule has 1 rings (SSSR count). The van der Waals surface area contributed by atoms with Crippen LogP contribution in [0.5, 0.6) is 0 Å². The van der Waals surface area contributed by atoms with E-state index in [-0.39, 0.29) is 5.54 Å². The standard InChI is InChI=1S/C10H18N2O/c1-3-12(4-2)10(9-11)5-7-13-8-6-10/h3-8H2,1-2H3. The smallest absolute Gasteiger partial charge is 0.113 e.